The first-order chi connectivity index (χ1) is 9.79. The molecule has 0 bridgehead atoms. The first kappa shape index (κ1) is 15.0. The summed E-state index contributed by atoms with van der Waals surface area (Å²) in [5.74, 6) is -2.09. The summed E-state index contributed by atoms with van der Waals surface area (Å²) in [4.78, 5) is 17.6. The Morgan fingerprint density at radius 3 is 2.62 bits per heavy atom. The van der Waals surface area contributed by atoms with Crippen molar-refractivity contribution in [3.05, 3.63) is 44.0 Å². The molecule has 10 heteroatoms. The average molecular weight is 360 g/mol. The number of halogens is 3. The van der Waals surface area contributed by atoms with E-state index in [9.17, 15) is 18.9 Å². The summed E-state index contributed by atoms with van der Waals surface area (Å²) in [5.41, 5.74) is 4.65. The molecule has 0 spiro atoms. The molecule has 7 nitrogen and oxygen atoms in total. The maximum absolute atomic E-state index is 13.7. The molecule has 2 aromatic rings. The van der Waals surface area contributed by atoms with Crippen LogP contribution in [0.2, 0.25) is 0 Å². The van der Waals surface area contributed by atoms with E-state index in [-0.39, 0.29) is 27.6 Å². The molecule has 0 aliphatic heterocycles. The van der Waals surface area contributed by atoms with Gasteiger partial charge in [-0.1, -0.05) is 0 Å². The van der Waals surface area contributed by atoms with Gasteiger partial charge in [-0.05, 0) is 28.9 Å². The van der Waals surface area contributed by atoms with Gasteiger partial charge in [0.25, 0.3) is 0 Å². The van der Waals surface area contributed by atoms with Crippen molar-refractivity contribution in [2.45, 2.75) is 6.92 Å². The van der Waals surface area contributed by atoms with E-state index >= 15 is 0 Å². The Morgan fingerprint density at radius 1 is 1.33 bits per heavy atom. The lowest BCUT2D eigenvalue weighted by atomic mass is 10.2. The topological polar surface area (TPSA) is 107 Å². The van der Waals surface area contributed by atoms with Crippen LogP contribution < -0.4 is 11.1 Å². The minimum atomic E-state index is -0.813. The molecule has 0 saturated heterocycles. The molecule has 0 amide bonds. The van der Waals surface area contributed by atoms with Crippen LogP contribution in [0.15, 0.2) is 16.6 Å². The maximum atomic E-state index is 13.7. The summed E-state index contributed by atoms with van der Waals surface area (Å²) < 4.78 is 27.1. The smallest absolute Gasteiger partial charge is 0.332 e. The predicted octanol–water partition coefficient (Wildman–Crippen LogP) is 3.06. The van der Waals surface area contributed by atoms with Gasteiger partial charge in [-0.2, -0.15) is 4.98 Å². The van der Waals surface area contributed by atoms with Crippen LogP contribution in [0.5, 0.6) is 0 Å². The van der Waals surface area contributed by atoms with Crippen LogP contribution in [-0.2, 0) is 0 Å². The average Bonchev–Trinajstić information content (AvgIpc) is 2.34. The van der Waals surface area contributed by atoms with E-state index in [2.05, 4.69) is 31.2 Å². The summed E-state index contributed by atoms with van der Waals surface area (Å²) in [6.45, 7) is 1.36. The van der Waals surface area contributed by atoms with E-state index in [0.29, 0.717) is 0 Å². The number of nitrogen functional groups attached to an aromatic ring is 1. The van der Waals surface area contributed by atoms with Gasteiger partial charge in [0.1, 0.15) is 17.3 Å². The third kappa shape index (κ3) is 3.05. The molecule has 110 valence electrons. The number of anilines is 3. The van der Waals surface area contributed by atoms with E-state index in [1.807, 2.05) is 0 Å². The second-order valence-electron chi connectivity index (χ2n) is 3.99. The van der Waals surface area contributed by atoms with E-state index < -0.39 is 22.2 Å². The highest BCUT2D eigenvalue weighted by Gasteiger charge is 2.22. The van der Waals surface area contributed by atoms with E-state index in [1.165, 1.54) is 6.92 Å². The van der Waals surface area contributed by atoms with Crippen molar-refractivity contribution in [2.75, 3.05) is 11.1 Å². The van der Waals surface area contributed by atoms with Gasteiger partial charge in [0.2, 0.25) is 11.8 Å². The summed E-state index contributed by atoms with van der Waals surface area (Å²) in [6.07, 6.45) is 0. The Kier molecular flexibility index (Phi) is 3.98. The van der Waals surface area contributed by atoms with Crippen molar-refractivity contribution >= 4 is 39.1 Å². The molecule has 1 heterocycles. The fourth-order valence-corrected chi connectivity index (χ4v) is 1.96. The fraction of sp³-hybridized carbons (Fsp3) is 0.0909. The van der Waals surface area contributed by atoms with Gasteiger partial charge >= 0.3 is 5.69 Å². The lowest BCUT2D eigenvalue weighted by Gasteiger charge is -2.09. The van der Waals surface area contributed by atoms with Crippen LogP contribution in [0.4, 0.5) is 31.9 Å². The second kappa shape index (κ2) is 5.56. The van der Waals surface area contributed by atoms with Crippen molar-refractivity contribution in [1.29, 1.82) is 0 Å². The zero-order valence-electron chi connectivity index (χ0n) is 10.5. The highest BCUT2D eigenvalue weighted by atomic mass is 79.9. The molecule has 1 aromatic carbocycles. The molecule has 0 fully saturated rings. The Morgan fingerprint density at radius 2 is 2.00 bits per heavy atom. The Labute approximate surface area is 125 Å². The molecule has 3 N–H and O–H groups in total. The number of nitrogens with two attached hydrogens (primary N) is 1. The fourth-order valence-electron chi connectivity index (χ4n) is 1.64. The Bertz CT molecular complexity index is 741. The molecule has 1 aromatic heterocycles. The van der Waals surface area contributed by atoms with Gasteiger partial charge < -0.3 is 11.1 Å². The summed E-state index contributed by atoms with van der Waals surface area (Å²) in [7, 11) is 0. The Balaban J connectivity index is 2.54. The van der Waals surface area contributed by atoms with E-state index in [0.717, 1.165) is 12.1 Å². The molecular weight excluding hydrogens is 352 g/mol. The molecule has 2 rings (SSSR count). The molecule has 0 atom stereocenters. The van der Waals surface area contributed by atoms with Crippen molar-refractivity contribution in [3.8, 4) is 0 Å². The molecule has 0 radical (unpaired) electrons. The predicted molar refractivity (Wildman–Crippen MR) is 75.2 cm³/mol. The molecule has 0 unspecified atom stereocenters. The number of nitrogens with zero attached hydrogens (tertiary/aromatic N) is 3. The minimum absolute atomic E-state index is 0.00740. The van der Waals surface area contributed by atoms with Crippen LogP contribution >= 0.6 is 15.9 Å². The lowest BCUT2D eigenvalue weighted by molar-refractivity contribution is -0.385. The van der Waals surface area contributed by atoms with Gasteiger partial charge in [0.05, 0.1) is 15.1 Å². The summed E-state index contributed by atoms with van der Waals surface area (Å²) >= 11 is 2.83. The molecular formula is C11H8BrF2N5O2. The highest BCUT2D eigenvalue weighted by molar-refractivity contribution is 9.10. The van der Waals surface area contributed by atoms with Gasteiger partial charge in [-0.25, -0.2) is 13.8 Å². The zero-order valence-corrected chi connectivity index (χ0v) is 12.1. The van der Waals surface area contributed by atoms with Crippen LogP contribution in [0, 0.1) is 28.7 Å². The van der Waals surface area contributed by atoms with Crippen molar-refractivity contribution < 1.29 is 13.7 Å². The lowest BCUT2D eigenvalue weighted by Crippen LogP contribution is -2.07. The Hall–Kier alpha value is -2.36. The maximum Gasteiger partial charge on any atom is 0.332 e. The number of benzene rings is 1. The summed E-state index contributed by atoms with van der Waals surface area (Å²) in [5, 5.41) is 13.4. The van der Waals surface area contributed by atoms with Crippen molar-refractivity contribution in [1.82, 2.24) is 9.97 Å². The van der Waals surface area contributed by atoms with Gasteiger partial charge in [-0.15, -0.1) is 0 Å². The third-order valence-electron chi connectivity index (χ3n) is 2.52. The number of rotatable bonds is 3. The molecule has 0 aliphatic rings. The van der Waals surface area contributed by atoms with Gasteiger partial charge in [-0.3, -0.25) is 10.1 Å². The van der Waals surface area contributed by atoms with E-state index in [4.69, 9.17) is 5.73 Å². The van der Waals surface area contributed by atoms with Crippen LogP contribution in [0.3, 0.4) is 0 Å². The monoisotopic (exact) mass is 359 g/mol. The van der Waals surface area contributed by atoms with Gasteiger partial charge in [0.15, 0.2) is 0 Å². The largest absolute Gasteiger partial charge is 0.368 e. The van der Waals surface area contributed by atoms with E-state index in [1.54, 1.807) is 0 Å². The van der Waals surface area contributed by atoms with Crippen LogP contribution in [0.1, 0.15) is 5.69 Å². The third-order valence-corrected chi connectivity index (χ3v) is 3.13. The number of hydrogen-bond acceptors (Lipinski definition) is 6. The van der Waals surface area contributed by atoms with Crippen LogP contribution in [-0.4, -0.2) is 14.9 Å². The number of aryl methyl sites for hydroxylation is 1. The number of aromatic nitrogens is 2. The van der Waals surface area contributed by atoms with Crippen molar-refractivity contribution in [3.63, 3.8) is 0 Å². The number of hydrogen-bond donors (Lipinski definition) is 2. The normalized spacial score (nSPS) is 10.5. The molecule has 21 heavy (non-hydrogen) atoms. The van der Waals surface area contributed by atoms with Crippen LogP contribution in [0.25, 0.3) is 0 Å². The number of nitro groups is 1. The number of nitrogens with one attached hydrogen (secondary N) is 1. The molecule has 0 saturated carbocycles. The van der Waals surface area contributed by atoms with Crippen molar-refractivity contribution in [2.24, 2.45) is 0 Å². The van der Waals surface area contributed by atoms with Gasteiger partial charge in [0, 0.05) is 6.07 Å². The second-order valence-corrected chi connectivity index (χ2v) is 4.85. The SMILES string of the molecule is Cc1nc(N)nc(Nc2cc(F)c(Br)cc2F)c1[N+](=O)[O-]. The first-order valence-corrected chi connectivity index (χ1v) is 6.29. The molecule has 0 aliphatic carbocycles. The standard InChI is InChI=1S/C11H8BrF2N5O2/c1-4-9(19(20)21)10(18-11(15)16-4)17-8-3-6(13)5(12)2-7(8)14/h2-3H,1H3,(H3,15,16,17,18). The highest BCUT2D eigenvalue weighted by Crippen LogP contribution is 2.31. The minimum Gasteiger partial charge on any atom is -0.368 e. The zero-order chi connectivity index (χ0) is 15.7. The quantitative estimate of drug-likeness (QED) is 0.495. The summed E-state index contributed by atoms with van der Waals surface area (Å²) in [6, 6.07) is 1.73. The first-order valence-electron chi connectivity index (χ1n) is 5.49.